The van der Waals surface area contributed by atoms with E-state index < -0.39 is 0 Å². The van der Waals surface area contributed by atoms with E-state index in [9.17, 15) is 0 Å². The Hall–Kier alpha value is -1.53. The molecule has 0 amide bonds. The number of methoxy groups -OCH3 is 2. The third kappa shape index (κ3) is 2.19. The molecule has 20 heavy (non-hydrogen) atoms. The fourth-order valence-corrected chi connectivity index (χ4v) is 3.51. The second kappa shape index (κ2) is 5.10. The molecule has 0 saturated heterocycles. The van der Waals surface area contributed by atoms with E-state index in [0.717, 1.165) is 25.5 Å². The summed E-state index contributed by atoms with van der Waals surface area (Å²) in [6.45, 7) is 2.07. The molecule has 3 rings (SSSR count). The summed E-state index contributed by atoms with van der Waals surface area (Å²) in [6, 6.07) is 5.89. The van der Waals surface area contributed by atoms with Gasteiger partial charge in [-0.15, -0.1) is 11.3 Å². The summed E-state index contributed by atoms with van der Waals surface area (Å²) < 4.78 is 11.7. The molecule has 1 aromatic carbocycles. The summed E-state index contributed by atoms with van der Waals surface area (Å²) in [5.41, 5.74) is 3.00. The molecular formula is C14H13BrN2O2S. The Morgan fingerprint density at radius 1 is 1.15 bits per heavy atom. The van der Waals surface area contributed by atoms with Crippen LogP contribution in [0.25, 0.3) is 21.7 Å². The Bertz CT molecular complexity index is 718. The summed E-state index contributed by atoms with van der Waals surface area (Å²) in [7, 11) is 3.25. The minimum atomic E-state index is 0.682. The molecule has 6 heteroatoms. The zero-order valence-corrected chi connectivity index (χ0v) is 13.7. The number of aryl methyl sites for hydroxylation is 1. The molecule has 0 aliphatic heterocycles. The van der Waals surface area contributed by atoms with Crippen LogP contribution in [0.15, 0.2) is 22.0 Å². The highest BCUT2D eigenvalue weighted by Crippen LogP contribution is 2.36. The average molecular weight is 353 g/mol. The second-order valence-electron chi connectivity index (χ2n) is 4.38. The Morgan fingerprint density at radius 2 is 1.85 bits per heavy atom. The Morgan fingerprint density at radius 3 is 2.45 bits per heavy atom. The van der Waals surface area contributed by atoms with Crippen LogP contribution in [0.3, 0.4) is 0 Å². The van der Waals surface area contributed by atoms with Crippen molar-refractivity contribution < 1.29 is 9.47 Å². The van der Waals surface area contributed by atoms with Crippen molar-refractivity contribution in [1.82, 2.24) is 9.97 Å². The van der Waals surface area contributed by atoms with Crippen molar-refractivity contribution in [2.24, 2.45) is 0 Å². The number of thiophene rings is 1. The van der Waals surface area contributed by atoms with E-state index in [4.69, 9.17) is 9.47 Å². The number of imidazole rings is 1. The first-order valence-corrected chi connectivity index (χ1v) is 7.61. The molecule has 0 saturated carbocycles. The van der Waals surface area contributed by atoms with Gasteiger partial charge in [0.25, 0.3) is 0 Å². The maximum Gasteiger partial charge on any atom is 0.163 e. The number of nitrogens with zero attached hydrogens (tertiary/aromatic N) is 1. The van der Waals surface area contributed by atoms with E-state index in [-0.39, 0.29) is 0 Å². The van der Waals surface area contributed by atoms with Crippen LogP contribution in [0.2, 0.25) is 0 Å². The zero-order valence-electron chi connectivity index (χ0n) is 11.3. The lowest BCUT2D eigenvalue weighted by molar-refractivity contribution is 0.356. The van der Waals surface area contributed by atoms with Crippen LogP contribution in [0.5, 0.6) is 11.5 Å². The smallest absolute Gasteiger partial charge is 0.163 e. The minimum Gasteiger partial charge on any atom is -0.493 e. The molecule has 0 spiro atoms. The van der Waals surface area contributed by atoms with E-state index in [0.29, 0.717) is 11.5 Å². The molecule has 3 aromatic rings. The van der Waals surface area contributed by atoms with Crippen molar-refractivity contribution in [3.8, 4) is 22.2 Å². The van der Waals surface area contributed by atoms with Gasteiger partial charge in [0.15, 0.2) is 11.5 Å². The highest BCUT2D eigenvalue weighted by atomic mass is 79.9. The molecule has 2 aromatic heterocycles. The first kappa shape index (κ1) is 13.5. The SMILES string of the molecule is COc1cc2nc(-c3cc(C)c(Br)s3)[nH]c2cc1OC. The number of aromatic nitrogens is 2. The van der Waals surface area contributed by atoms with Crippen molar-refractivity contribution in [3.63, 3.8) is 0 Å². The van der Waals surface area contributed by atoms with Crippen LogP contribution in [0.4, 0.5) is 0 Å². The van der Waals surface area contributed by atoms with Gasteiger partial charge in [0.05, 0.1) is 33.9 Å². The van der Waals surface area contributed by atoms with Crippen molar-refractivity contribution in [3.05, 3.63) is 27.5 Å². The summed E-state index contributed by atoms with van der Waals surface area (Å²) in [5.74, 6) is 2.23. The molecule has 1 N–H and O–H groups in total. The van der Waals surface area contributed by atoms with Crippen molar-refractivity contribution in [1.29, 1.82) is 0 Å². The van der Waals surface area contributed by atoms with E-state index in [1.165, 1.54) is 5.56 Å². The van der Waals surface area contributed by atoms with Crippen molar-refractivity contribution >= 4 is 38.3 Å². The van der Waals surface area contributed by atoms with Crippen molar-refractivity contribution in [2.45, 2.75) is 6.92 Å². The molecule has 0 radical (unpaired) electrons. The predicted octanol–water partition coefficient (Wildman–Crippen LogP) is 4.38. The first-order chi connectivity index (χ1) is 9.62. The number of aromatic amines is 1. The van der Waals surface area contributed by atoms with Gasteiger partial charge >= 0.3 is 0 Å². The fourth-order valence-electron chi connectivity index (χ4n) is 2.03. The third-order valence-corrected chi connectivity index (χ3v) is 5.22. The highest BCUT2D eigenvalue weighted by molar-refractivity contribution is 9.11. The van der Waals surface area contributed by atoms with Crippen molar-refractivity contribution in [2.75, 3.05) is 14.2 Å². The van der Waals surface area contributed by atoms with Crippen LogP contribution in [-0.4, -0.2) is 24.2 Å². The number of nitrogens with one attached hydrogen (secondary N) is 1. The van der Waals surface area contributed by atoms with E-state index in [2.05, 4.69) is 38.9 Å². The number of rotatable bonds is 3. The number of fused-ring (bicyclic) bond motifs is 1. The van der Waals surface area contributed by atoms with E-state index in [1.807, 2.05) is 12.1 Å². The van der Waals surface area contributed by atoms with Crippen LogP contribution in [-0.2, 0) is 0 Å². The summed E-state index contributed by atoms with van der Waals surface area (Å²) in [5, 5.41) is 0. The second-order valence-corrected chi connectivity index (χ2v) is 6.75. The maximum atomic E-state index is 5.30. The normalized spacial score (nSPS) is 11.0. The average Bonchev–Trinajstić information content (AvgIpc) is 3.00. The number of H-pyrrole nitrogens is 1. The molecule has 0 aliphatic carbocycles. The van der Waals surface area contributed by atoms with E-state index >= 15 is 0 Å². The lowest BCUT2D eigenvalue weighted by atomic mass is 10.3. The summed E-state index contributed by atoms with van der Waals surface area (Å²) >= 11 is 5.20. The minimum absolute atomic E-state index is 0.682. The molecule has 4 nitrogen and oxygen atoms in total. The maximum absolute atomic E-state index is 5.30. The standard InChI is InChI=1S/C14H13BrN2O2S/c1-7-4-12(20-13(7)15)14-16-8-5-10(18-2)11(19-3)6-9(8)17-14/h4-6H,1-3H3,(H,16,17). The van der Waals surface area contributed by atoms with Crippen LogP contribution < -0.4 is 9.47 Å². The number of hydrogen-bond acceptors (Lipinski definition) is 4. The van der Waals surface area contributed by atoms with Crippen LogP contribution in [0.1, 0.15) is 5.56 Å². The number of ether oxygens (including phenoxy) is 2. The zero-order chi connectivity index (χ0) is 14.3. The van der Waals surface area contributed by atoms with Gasteiger partial charge in [0, 0.05) is 12.1 Å². The van der Waals surface area contributed by atoms with Gasteiger partial charge in [0.2, 0.25) is 0 Å². The van der Waals surface area contributed by atoms with Gasteiger partial charge < -0.3 is 14.5 Å². The Balaban J connectivity index is 2.15. The Kier molecular flexibility index (Phi) is 3.43. The molecule has 2 heterocycles. The topological polar surface area (TPSA) is 47.1 Å². The monoisotopic (exact) mass is 352 g/mol. The van der Waals surface area contributed by atoms with Gasteiger partial charge in [-0.05, 0) is 34.5 Å². The molecule has 0 atom stereocenters. The van der Waals surface area contributed by atoms with Gasteiger partial charge in [-0.25, -0.2) is 4.98 Å². The van der Waals surface area contributed by atoms with Crippen LogP contribution >= 0.6 is 27.3 Å². The van der Waals surface area contributed by atoms with Gasteiger partial charge in [0.1, 0.15) is 5.82 Å². The van der Waals surface area contributed by atoms with Crippen LogP contribution in [0, 0.1) is 6.92 Å². The largest absolute Gasteiger partial charge is 0.493 e. The number of halogens is 1. The first-order valence-electron chi connectivity index (χ1n) is 6.00. The Labute approximate surface area is 128 Å². The fraction of sp³-hybridized carbons (Fsp3) is 0.214. The predicted molar refractivity (Wildman–Crippen MR) is 84.9 cm³/mol. The molecule has 0 fully saturated rings. The summed E-state index contributed by atoms with van der Waals surface area (Å²) in [4.78, 5) is 9.04. The molecule has 0 bridgehead atoms. The molecule has 104 valence electrons. The summed E-state index contributed by atoms with van der Waals surface area (Å²) in [6.07, 6.45) is 0. The molecular weight excluding hydrogens is 340 g/mol. The highest BCUT2D eigenvalue weighted by Gasteiger charge is 2.13. The lowest BCUT2D eigenvalue weighted by Crippen LogP contribution is -1.89. The lowest BCUT2D eigenvalue weighted by Gasteiger charge is -2.06. The number of hydrogen-bond donors (Lipinski definition) is 1. The quantitative estimate of drug-likeness (QED) is 0.760. The van der Waals surface area contributed by atoms with Gasteiger partial charge in [-0.2, -0.15) is 0 Å². The van der Waals surface area contributed by atoms with E-state index in [1.54, 1.807) is 25.6 Å². The van der Waals surface area contributed by atoms with Gasteiger partial charge in [-0.3, -0.25) is 0 Å². The molecule has 0 unspecified atom stereocenters. The number of benzene rings is 1. The molecule has 0 aliphatic rings. The third-order valence-electron chi connectivity index (χ3n) is 3.08. The van der Waals surface area contributed by atoms with Gasteiger partial charge in [-0.1, -0.05) is 0 Å².